The number of carbonyl (C=O) groups excluding carboxylic acids is 2. The summed E-state index contributed by atoms with van der Waals surface area (Å²) in [7, 11) is 0. The second kappa shape index (κ2) is 9.87. The zero-order chi connectivity index (χ0) is 21.7. The number of carbonyl (C=O) groups is 2. The lowest BCUT2D eigenvalue weighted by molar-refractivity contribution is -0.126. The van der Waals surface area contributed by atoms with Gasteiger partial charge in [0, 0.05) is 37.5 Å². The number of hydrogen-bond acceptors (Lipinski definition) is 5. The van der Waals surface area contributed by atoms with Crippen LogP contribution >= 0.6 is 0 Å². The van der Waals surface area contributed by atoms with Gasteiger partial charge in [0.1, 0.15) is 0 Å². The number of likely N-dealkylation sites (tertiary alicyclic amines) is 1. The number of nitrogens with zero attached hydrogens (tertiary/aromatic N) is 3. The minimum absolute atomic E-state index is 0.0108. The van der Waals surface area contributed by atoms with Crippen LogP contribution in [0.15, 0.2) is 22.7 Å². The van der Waals surface area contributed by atoms with Gasteiger partial charge in [-0.3, -0.25) is 9.59 Å². The third-order valence-corrected chi connectivity index (χ3v) is 5.41. The molecule has 1 N–H and O–H groups in total. The second-order valence-corrected chi connectivity index (χ2v) is 8.56. The largest absolute Gasteiger partial charge is 0.356 e. The lowest BCUT2D eigenvalue weighted by atomic mass is 9.96. The second-order valence-electron chi connectivity index (χ2n) is 8.56. The molecule has 1 aromatic carbocycles. The molecule has 0 bridgehead atoms. The minimum Gasteiger partial charge on any atom is -0.356 e. The van der Waals surface area contributed by atoms with Crippen molar-refractivity contribution in [3.63, 3.8) is 0 Å². The van der Waals surface area contributed by atoms with E-state index in [0.717, 1.165) is 30.4 Å². The van der Waals surface area contributed by atoms with Gasteiger partial charge in [0.25, 0.3) is 5.91 Å². The van der Waals surface area contributed by atoms with Crippen molar-refractivity contribution in [2.45, 2.75) is 59.3 Å². The van der Waals surface area contributed by atoms with Crippen LogP contribution in [0.2, 0.25) is 0 Å². The summed E-state index contributed by atoms with van der Waals surface area (Å²) < 4.78 is 5.23. The van der Waals surface area contributed by atoms with E-state index in [4.69, 9.17) is 4.52 Å². The molecule has 1 atom stereocenters. The maximum Gasteiger partial charge on any atom is 0.253 e. The van der Waals surface area contributed by atoms with Gasteiger partial charge in [-0.05, 0) is 45.2 Å². The first-order valence-electron chi connectivity index (χ1n) is 10.8. The van der Waals surface area contributed by atoms with Crippen LogP contribution in [-0.4, -0.2) is 46.5 Å². The van der Waals surface area contributed by atoms with Crippen LogP contribution < -0.4 is 5.32 Å². The summed E-state index contributed by atoms with van der Waals surface area (Å²) in [4.78, 5) is 31.7. The minimum atomic E-state index is -0.162. The molecule has 2 aromatic rings. The van der Waals surface area contributed by atoms with Crippen LogP contribution in [0.3, 0.4) is 0 Å². The molecule has 162 valence electrons. The molecule has 2 heterocycles. The predicted molar refractivity (Wildman–Crippen MR) is 114 cm³/mol. The van der Waals surface area contributed by atoms with Crippen LogP contribution in [0.1, 0.15) is 72.2 Å². The summed E-state index contributed by atoms with van der Waals surface area (Å²) in [6.45, 7) is 9.76. The van der Waals surface area contributed by atoms with Gasteiger partial charge < -0.3 is 14.7 Å². The van der Waals surface area contributed by atoms with Crippen LogP contribution in [0, 0.1) is 19.8 Å². The maximum absolute atomic E-state index is 12.9. The van der Waals surface area contributed by atoms with E-state index < -0.39 is 0 Å². The molecule has 30 heavy (non-hydrogen) atoms. The summed E-state index contributed by atoms with van der Waals surface area (Å²) in [5.74, 6) is 1.42. The van der Waals surface area contributed by atoms with Gasteiger partial charge in [-0.2, -0.15) is 4.98 Å². The van der Waals surface area contributed by atoms with Crippen molar-refractivity contribution in [1.29, 1.82) is 0 Å². The highest BCUT2D eigenvalue weighted by Crippen LogP contribution is 2.20. The lowest BCUT2D eigenvalue weighted by Gasteiger charge is -2.32. The normalized spacial score (nSPS) is 16.7. The van der Waals surface area contributed by atoms with Crippen molar-refractivity contribution in [1.82, 2.24) is 20.4 Å². The molecule has 1 fully saturated rings. The van der Waals surface area contributed by atoms with Gasteiger partial charge in [-0.25, -0.2) is 0 Å². The average molecular weight is 413 g/mol. The molecule has 7 heteroatoms. The average Bonchev–Trinajstić information content (AvgIpc) is 3.19. The van der Waals surface area contributed by atoms with E-state index >= 15 is 0 Å². The Hall–Kier alpha value is -2.70. The Morgan fingerprint density at radius 1 is 1.23 bits per heavy atom. The molecule has 1 aliphatic rings. The Bertz CT molecular complexity index is 870. The topological polar surface area (TPSA) is 88.3 Å². The highest BCUT2D eigenvalue weighted by atomic mass is 16.5. The van der Waals surface area contributed by atoms with E-state index in [-0.39, 0.29) is 23.7 Å². The Kier molecular flexibility index (Phi) is 7.24. The van der Waals surface area contributed by atoms with Crippen LogP contribution in [0.5, 0.6) is 0 Å². The molecule has 0 radical (unpaired) electrons. The highest BCUT2D eigenvalue weighted by molar-refractivity contribution is 5.95. The highest BCUT2D eigenvalue weighted by Gasteiger charge is 2.29. The van der Waals surface area contributed by atoms with Crippen molar-refractivity contribution in [3.8, 4) is 0 Å². The van der Waals surface area contributed by atoms with Gasteiger partial charge >= 0.3 is 0 Å². The molecule has 1 unspecified atom stereocenters. The van der Waals surface area contributed by atoms with E-state index in [0.29, 0.717) is 43.3 Å². The molecule has 1 aliphatic heterocycles. The number of aromatic nitrogens is 2. The van der Waals surface area contributed by atoms with Gasteiger partial charge in [0.15, 0.2) is 5.82 Å². The van der Waals surface area contributed by atoms with E-state index in [1.807, 2.05) is 44.7 Å². The van der Waals surface area contributed by atoms with Gasteiger partial charge in [0.2, 0.25) is 11.8 Å². The van der Waals surface area contributed by atoms with E-state index in [1.54, 1.807) is 0 Å². The number of nitrogens with one attached hydrogen (secondary N) is 1. The van der Waals surface area contributed by atoms with Crippen LogP contribution in [0.25, 0.3) is 0 Å². The number of rotatable bonds is 7. The molecular weight excluding hydrogens is 380 g/mol. The number of aryl methyl sites for hydroxylation is 3. The SMILES string of the molecule is Cc1cc(C)cc(C(=O)N2CCCC(C(=O)NCCCc3nc(C(C)C)no3)C2)c1. The summed E-state index contributed by atoms with van der Waals surface area (Å²) >= 11 is 0. The van der Waals surface area contributed by atoms with Crippen molar-refractivity contribution >= 4 is 11.8 Å². The third-order valence-electron chi connectivity index (χ3n) is 5.41. The molecule has 3 rings (SSSR count). The number of amides is 2. The fraction of sp³-hybridized carbons (Fsp3) is 0.565. The molecule has 2 amide bonds. The molecular formula is C23H32N4O3. The Labute approximate surface area is 178 Å². The molecule has 0 aliphatic carbocycles. The lowest BCUT2D eigenvalue weighted by Crippen LogP contribution is -2.45. The monoisotopic (exact) mass is 412 g/mol. The smallest absolute Gasteiger partial charge is 0.253 e. The quantitative estimate of drug-likeness (QED) is 0.704. The van der Waals surface area contributed by atoms with Crippen LogP contribution in [-0.2, 0) is 11.2 Å². The summed E-state index contributed by atoms with van der Waals surface area (Å²) in [5.41, 5.74) is 2.85. The first-order valence-corrected chi connectivity index (χ1v) is 10.8. The molecule has 7 nitrogen and oxygen atoms in total. The number of benzene rings is 1. The Morgan fingerprint density at radius 3 is 2.63 bits per heavy atom. The first-order chi connectivity index (χ1) is 14.3. The van der Waals surface area contributed by atoms with E-state index in [2.05, 4.69) is 21.5 Å². The Morgan fingerprint density at radius 2 is 1.97 bits per heavy atom. The summed E-state index contributed by atoms with van der Waals surface area (Å²) in [5, 5.41) is 6.96. The zero-order valence-electron chi connectivity index (χ0n) is 18.4. The zero-order valence-corrected chi connectivity index (χ0v) is 18.4. The van der Waals surface area contributed by atoms with Crippen molar-refractivity contribution < 1.29 is 14.1 Å². The maximum atomic E-state index is 12.9. The number of piperidine rings is 1. The van der Waals surface area contributed by atoms with E-state index in [1.165, 1.54) is 0 Å². The molecule has 1 saturated heterocycles. The fourth-order valence-corrected chi connectivity index (χ4v) is 3.86. The standard InChI is InChI=1S/C23H32N4O3/c1-15(2)21-25-20(30-26-21)8-5-9-24-22(28)18-7-6-10-27(14-18)23(29)19-12-16(3)11-17(4)13-19/h11-13,15,18H,5-10,14H2,1-4H3,(H,24,28). The molecule has 0 spiro atoms. The molecule has 0 saturated carbocycles. The summed E-state index contributed by atoms with van der Waals surface area (Å²) in [6.07, 6.45) is 3.03. The summed E-state index contributed by atoms with van der Waals surface area (Å²) in [6, 6.07) is 5.89. The Balaban J connectivity index is 1.47. The molecule has 1 aromatic heterocycles. The van der Waals surface area contributed by atoms with Crippen molar-refractivity contribution in [3.05, 3.63) is 46.6 Å². The van der Waals surface area contributed by atoms with Crippen molar-refractivity contribution in [2.75, 3.05) is 19.6 Å². The van der Waals surface area contributed by atoms with Crippen molar-refractivity contribution in [2.24, 2.45) is 5.92 Å². The predicted octanol–water partition coefficient (Wildman–Crippen LogP) is 3.41. The fourth-order valence-electron chi connectivity index (χ4n) is 3.86. The van der Waals surface area contributed by atoms with Gasteiger partial charge in [-0.1, -0.05) is 36.2 Å². The first kappa shape index (κ1) is 22.0. The third kappa shape index (κ3) is 5.68. The van der Waals surface area contributed by atoms with Gasteiger partial charge in [0.05, 0.1) is 5.92 Å². The van der Waals surface area contributed by atoms with Gasteiger partial charge in [-0.15, -0.1) is 0 Å². The van der Waals surface area contributed by atoms with Crippen LogP contribution in [0.4, 0.5) is 0 Å². The van der Waals surface area contributed by atoms with E-state index in [9.17, 15) is 9.59 Å². The number of hydrogen-bond donors (Lipinski definition) is 1.